The predicted molar refractivity (Wildman–Crippen MR) is 79.7 cm³/mol. The zero-order valence-corrected chi connectivity index (χ0v) is 12.1. The Bertz CT molecular complexity index is 794. The number of rotatable bonds is 2. The molecule has 2 aromatic rings. The molecule has 3 rings (SSSR count). The number of carbonyl (C=O) groups is 2. The molecule has 5 nitrogen and oxygen atoms in total. The first-order valence-electron chi connectivity index (χ1n) is 6.72. The highest BCUT2D eigenvalue weighted by Crippen LogP contribution is 2.37. The fourth-order valence-corrected chi connectivity index (χ4v) is 2.31. The van der Waals surface area contributed by atoms with Gasteiger partial charge in [0.05, 0.1) is 5.56 Å². The first-order valence-corrected chi connectivity index (χ1v) is 6.72. The van der Waals surface area contributed by atoms with Crippen LogP contribution in [-0.2, 0) is 4.79 Å². The van der Waals surface area contributed by atoms with Crippen LogP contribution in [0.2, 0.25) is 0 Å². The molecule has 2 heterocycles. The SMILES string of the molecule is CC(=O)Oc1cc(C)c2c(c1)O/C(=C\c1ccncc1)C2=O. The van der Waals surface area contributed by atoms with Gasteiger partial charge >= 0.3 is 5.97 Å². The van der Waals surface area contributed by atoms with E-state index in [1.54, 1.807) is 49.7 Å². The topological polar surface area (TPSA) is 65.5 Å². The van der Waals surface area contributed by atoms with E-state index in [1.165, 1.54) is 6.92 Å². The van der Waals surface area contributed by atoms with Gasteiger partial charge in [-0.05, 0) is 42.3 Å². The molecule has 110 valence electrons. The third-order valence-electron chi connectivity index (χ3n) is 3.21. The van der Waals surface area contributed by atoms with Gasteiger partial charge in [-0.1, -0.05) is 0 Å². The van der Waals surface area contributed by atoms with Gasteiger partial charge in [-0.2, -0.15) is 0 Å². The maximum Gasteiger partial charge on any atom is 0.308 e. The summed E-state index contributed by atoms with van der Waals surface area (Å²) < 4.78 is 10.7. The van der Waals surface area contributed by atoms with E-state index in [9.17, 15) is 9.59 Å². The molecule has 1 aliphatic heterocycles. The summed E-state index contributed by atoms with van der Waals surface area (Å²) in [7, 11) is 0. The van der Waals surface area contributed by atoms with E-state index < -0.39 is 5.97 Å². The zero-order chi connectivity index (χ0) is 15.7. The minimum atomic E-state index is -0.420. The lowest BCUT2D eigenvalue weighted by Crippen LogP contribution is -2.02. The minimum Gasteiger partial charge on any atom is -0.452 e. The third-order valence-corrected chi connectivity index (χ3v) is 3.21. The number of Topliss-reactive ketones (excluding diaryl/α,β-unsaturated/α-hetero) is 1. The number of hydrogen-bond donors (Lipinski definition) is 0. The number of esters is 1. The van der Waals surface area contributed by atoms with Crippen LogP contribution in [0.1, 0.15) is 28.4 Å². The van der Waals surface area contributed by atoms with Gasteiger partial charge in [-0.15, -0.1) is 0 Å². The van der Waals surface area contributed by atoms with Gasteiger partial charge < -0.3 is 9.47 Å². The summed E-state index contributed by atoms with van der Waals surface area (Å²) in [6.07, 6.45) is 4.95. The van der Waals surface area contributed by atoms with E-state index in [4.69, 9.17) is 9.47 Å². The van der Waals surface area contributed by atoms with Crippen molar-refractivity contribution in [2.45, 2.75) is 13.8 Å². The molecule has 0 fully saturated rings. The number of allylic oxidation sites excluding steroid dienone is 1. The van der Waals surface area contributed by atoms with Crippen LogP contribution in [0.5, 0.6) is 11.5 Å². The van der Waals surface area contributed by atoms with E-state index in [0.717, 1.165) is 5.56 Å². The van der Waals surface area contributed by atoms with Crippen LogP contribution in [-0.4, -0.2) is 16.7 Å². The Kier molecular flexibility index (Phi) is 3.47. The van der Waals surface area contributed by atoms with Crippen molar-refractivity contribution in [2.24, 2.45) is 0 Å². The maximum atomic E-state index is 12.4. The van der Waals surface area contributed by atoms with Gasteiger partial charge in [-0.25, -0.2) is 0 Å². The summed E-state index contributed by atoms with van der Waals surface area (Å²) in [5.74, 6) is 0.405. The second-order valence-corrected chi connectivity index (χ2v) is 4.93. The van der Waals surface area contributed by atoms with Crippen LogP contribution < -0.4 is 9.47 Å². The number of ether oxygens (including phenoxy) is 2. The molecule has 0 N–H and O–H groups in total. The molecule has 5 heteroatoms. The quantitative estimate of drug-likeness (QED) is 0.484. The molecule has 1 aliphatic rings. The Morgan fingerprint density at radius 3 is 2.68 bits per heavy atom. The lowest BCUT2D eigenvalue weighted by Gasteiger charge is -2.05. The molecule has 1 aromatic heterocycles. The van der Waals surface area contributed by atoms with Gasteiger partial charge in [0.25, 0.3) is 0 Å². The molecule has 0 atom stereocenters. The standard InChI is InChI=1S/C17H13NO4/c1-10-7-13(21-11(2)19)9-14-16(10)17(20)15(22-14)8-12-3-5-18-6-4-12/h3-9H,1-2H3/b15-8-. The van der Waals surface area contributed by atoms with Crippen molar-refractivity contribution < 1.29 is 19.1 Å². The Morgan fingerprint density at radius 1 is 1.27 bits per heavy atom. The van der Waals surface area contributed by atoms with Crippen molar-refractivity contribution in [2.75, 3.05) is 0 Å². The smallest absolute Gasteiger partial charge is 0.308 e. The second kappa shape index (κ2) is 5.44. The van der Waals surface area contributed by atoms with Crippen LogP contribution >= 0.6 is 0 Å². The molecular formula is C17H13NO4. The first kappa shape index (κ1) is 14.0. The Hall–Kier alpha value is -2.95. The molecule has 0 saturated heterocycles. The van der Waals surface area contributed by atoms with E-state index in [0.29, 0.717) is 22.6 Å². The van der Waals surface area contributed by atoms with Crippen molar-refractivity contribution in [3.8, 4) is 11.5 Å². The number of carbonyl (C=O) groups excluding carboxylic acids is 2. The molecule has 0 spiro atoms. The number of ketones is 1. The average Bonchev–Trinajstić information content (AvgIpc) is 2.76. The molecule has 0 amide bonds. The van der Waals surface area contributed by atoms with Crippen molar-refractivity contribution in [3.05, 3.63) is 59.1 Å². The highest BCUT2D eigenvalue weighted by Gasteiger charge is 2.30. The number of hydrogen-bond acceptors (Lipinski definition) is 5. The van der Waals surface area contributed by atoms with Crippen LogP contribution in [0.3, 0.4) is 0 Å². The summed E-state index contributed by atoms with van der Waals surface area (Å²) in [5, 5.41) is 0. The van der Waals surface area contributed by atoms with Gasteiger partial charge in [0.2, 0.25) is 5.78 Å². The van der Waals surface area contributed by atoms with Crippen molar-refractivity contribution in [3.63, 3.8) is 0 Å². The minimum absolute atomic E-state index is 0.182. The highest BCUT2D eigenvalue weighted by molar-refractivity contribution is 6.15. The van der Waals surface area contributed by atoms with Crippen molar-refractivity contribution in [1.82, 2.24) is 4.98 Å². The van der Waals surface area contributed by atoms with E-state index >= 15 is 0 Å². The Balaban J connectivity index is 1.98. The lowest BCUT2D eigenvalue weighted by molar-refractivity contribution is -0.131. The lowest BCUT2D eigenvalue weighted by atomic mass is 10.0. The second-order valence-electron chi connectivity index (χ2n) is 4.93. The number of aryl methyl sites for hydroxylation is 1. The molecule has 1 aromatic carbocycles. The number of fused-ring (bicyclic) bond motifs is 1. The Labute approximate surface area is 127 Å². The van der Waals surface area contributed by atoms with Crippen LogP contribution in [0.25, 0.3) is 6.08 Å². The summed E-state index contributed by atoms with van der Waals surface area (Å²) in [5.41, 5.74) is 2.03. The highest BCUT2D eigenvalue weighted by atomic mass is 16.5. The van der Waals surface area contributed by atoms with E-state index in [2.05, 4.69) is 4.98 Å². The molecule has 0 radical (unpaired) electrons. The molecule has 0 aliphatic carbocycles. The molecule has 0 unspecified atom stereocenters. The number of nitrogens with zero attached hydrogens (tertiary/aromatic N) is 1. The fraction of sp³-hybridized carbons (Fsp3) is 0.118. The first-order chi connectivity index (χ1) is 10.5. The summed E-state index contributed by atoms with van der Waals surface area (Å²) in [6, 6.07) is 6.76. The third kappa shape index (κ3) is 2.61. The van der Waals surface area contributed by atoms with Crippen LogP contribution in [0.15, 0.2) is 42.4 Å². The van der Waals surface area contributed by atoms with Gasteiger partial charge in [-0.3, -0.25) is 14.6 Å². The van der Waals surface area contributed by atoms with Crippen molar-refractivity contribution in [1.29, 1.82) is 0 Å². The summed E-state index contributed by atoms with van der Waals surface area (Å²) >= 11 is 0. The average molecular weight is 295 g/mol. The van der Waals surface area contributed by atoms with E-state index in [1.807, 2.05) is 0 Å². The number of benzene rings is 1. The van der Waals surface area contributed by atoms with Gasteiger partial charge in [0, 0.05) is 25.4 Å². The fourth-order valence-electron chi connectivity index (χ4n) is 2.31. The summed E-state index contributed by atoms with van der Waals surface area (Å²) in [6.45, 7) is 3.10. The van der Waals surface area contributed by atoms with Crippen LogP contribution in [0, 0.1) is 6.92 Å². The molecule has 0 saturated carbocycles. The number of pyridine rings is 1. The maximum absolute atomic E-state index is 12.4. The Morgan fingerprint density at radius 2 is 2.00 bits per heavy atom. The van der Waals surface area contributed by atoms with Gasteiger partial charge in [0.1, 0.15) is 11.5 Å². The van der Waals surface area contributed by atoms with E-state index in [-0.39, 0.29) is 11.5 Å². The monoisotopic (exact) mass is 295 g/mol. The molecule has 0 bridgehead atoms. The van der Waals surface area contributed by atoms with Gasteiger partial charge in [0.15, 0.2) is 5.76 Å². The predicted octanol–water partition coefficient (Wildman–Crippen LogP) is 2.93. The largest absolute Gasteiger partial charge is 0.452 e. The normalized spacial score (nSPS) is 14.6. The molecule has 22 heavy (non-hydrogen) atoms. The zero-order valence-electron chi connectivity index (χ0n) is 12.1. The summed E-state index contributed by atoms with van der Waals surface area (Å²) in [4.78, 5) is 27.4. The number of aromatic nitrogens is 1. The van der Waals surface area contributed by atoms with Crippen molar-refractivity contribution >= 4 is 17.8 Å². The molecular weight excluding hydrogens is 282 g/mol. The van der Waals surface area contributed by atoms with Crippen LogP contribution in [0.4, 0.5) is 0 Å².